The fourth-order valence-electron chi connectivity index (χ4n) is 0.708. The van der Waals surface area contributed by atoms with E-state index in [9.17, 15) is 4.79 Å². The average Bonchev–Trinajstić information content (AvgIpc) is 2.17. The molecule has 0 aliphatic carbocycles. The first kappa shape index (κ1) is 18.1. The minimum Gasteiger partial charge on any atom is -0.444 e. The average molecular weight is 242 g/mol. The van der Waals surface area contributed by atoms with Crippen molar-refractivity contribution in [3.8, 4) is 0 Å². The minimum atomic E-state index is -0.418. The molecule has 0 aromatic rings. The Hall–Kier alpha value is -1.29. The molecule has 3 N–H and O–H groups in total. The highest BCUT2D eigenvalue weighted by atomic mass is 16.6. The molecule has 0 spiro atoms. The van der Waals surface area contributed by atoms with Crippen LogP contribution in [0.3, 0.4) is 0 Å². The van der Waals surface area contributed by atoms with Gasteiger partial charge in [-0.15, -0.1) is 13.2 Å². The molecule has 4 heteroatoms. The molecule has 0 saturated carbocycles. The Morgan fingerprint density at radius 2 is 1.82 bits per heavy atom. The summed E-state index contributed by atoms with van der Waals surface area (Å²) in [4.78, 5) is 11.0. The number of rotatable bonds is 5. The van der Waals surface area contributed by atoms with Gasteiger partial charge in [0.15, 0.2) is 0 Å². The van der Waals surface area contributed by atoms with Crippen molar-refractivity contribution in [1.82, 2.24) is 5.32 Å². The molecule has 0 aromatic carbocycles. The van der Waals surface area contributed by atoms with Crippen molar-refractivity contribution in [1.29, 1.82) is 0 Å². The van der Waals surface area contributed by atoms with E-state index in [0.717, 1.165) is 19.4 Å². The van der Waals surface area contributed by atoms with Gasteiger partial charge in [0.05, 0.1) is 0 Å². The number of hydrogen-bond acceptors (Lipinski definition) is 3. The van der Waals surface area contributed by atoms with E-state index >= 15 is 0 Å². The second-order valence-corrected chi connectivity index (χ2v) is 4.37. The molecule has 0 heterocycles. The molecule has 0 unspecified atom stereocenters. The number of ether oxygens (including phenoxy) is 1. The number of nitrogens with two attached hydrogens (primary N) is 1. The molecule has 0 radical (unpaired) electrons. The molecule has 0 rings (SSSR count). The van der Waals surface area contributed by atoms with Gasteiger partial charge in [-0.05, 0) is 40.2 Å². The molecule has 0 bridgehead atoms. The summed E-state index contributed by atoms with van der Waals surface area (Å²) in [6.45, 7) is 13.8. The first-order valence-electron chi connectivity index (χ1n) is 5.76. The molecule has 0 atom stereocenters. The smallest absolute Gasteiger partial charge is 0.407 e. The monoisotopic (exact) mass is 242 g/mol. The predicted octanol–water partition coefficient (Wildman–Crippen LogP) is 2.61. The quantitative estimate of drug-likeness (QED) is 0.575. The third-order valence-electron chi connectivity index (χ3n) is 1.39. The van der Waals surface area contributed by atoms with Crippen LogP contribution in [0.15, 0.2) is 25.3 Å². The lowest BCUT2D eigenvalue weighted by atomic mass is 10.2. The van der Waals surface area contributed by atoms with E-state index in [2.05, 4.69) is 18.5 Å². The van der Waals surface area contributed by atoms with Crippen molar-refractivity contribution >= 4 is 6.09 Å². The van der Waals surface area contributed by atoms with E-state index in [1.165, 1.54) is 0 Å². The maximum atomic E-state index is 11.0. The number of nitrogens with one attached hydrogen (secondary N) is 1. The van der Waals surface area contributed by atoms with Gasteiger partial charge >= 0.3 is 6.09 Å². The van der Waals surface area contributed by atoms with Crippen LogP contribution in [0.4, 0.5) is 4.79 Å². The zero-order valence-corrected chi connectivity index (χ0v) is 11.3. The van der Waals surface area contributed by atoms with E-state index < -0.39 is 5.60 Å². The standard InChI is InChI=1S/C9H17NO2.C4H9N/c1-5-6-7-10-8(11)12-9(2,3)4;1-2-3-4-5/h5H,1,6-7H2,2-4H3,(H,10,11);2H,1,3-5H2. The predicted molar refractivity (Wildman–Crippen MR) is 72.9 cm³/mol. The van der Waals surface area contributed by atoms with Gasteiger partial charge in [-0.3, -0.25) is 0 Å². The SMILES string of the molecule is C=CCCN.C=CCCNC(=O)OC(C)(C)C. The third kappa shape index (κ3) is 20.7. The van der Waals surface area contributed by atoms with Crippen LogP contribution in [0.1, 0.15) is 33.6 Å². The molecule has 0 aromatic heterocycles. The van der Waals surface area contributed by atoms with Crippen LogP contribution < -0.4 is 11.1 Å². The lowest BCUT2D eigenvalue weighted by Gasteiger charge is -2.19. The van der Waals surface area contributed by atoms with E-state index in [1.807, 2.05) is 20.8 Å². The number of carbonyl (C=O) groups is 1. The van der Waals surface area contributed by atoms with Crippen molar-refractivity contribution < 1.29 is 9.53 Å². The maximum absolute atomic E-state index is 11.0. The number of hydrogen-bond donors (Lipinski definition) is 2. The summed E-state index contributed by atoms with van der Waals surface area (Å²) in [5.41, 5.74) is 4.65. The zero-order chi connectivity index (χ0) is 13.7. The van der Waals surface area contributed by atoms with Crippen LogP contribution in [-0.4, -0.2) is 24.8 Å². The van der Waals surface area contributed by atoms with E-state index in [4.69, 9.17) is 10.5 Å². The second-order valence-electron chi connectivity index (χ2n) is 4.37. The summed E-state index contributed by atoms with van der Waals surface area (Å²) in [5.74, 6) is 0. The Bertz CT molecular complexity index is 220. The van der Waals surface area contributed by atoms with Gasteiger partial charge in [-0.2, -0.15) is 0 Å². The molecule has 100 valence electrons. The van der Waals surface area contributed by atoms with Gasteiger partial charge in [-0.25, -0.2) is 4.79 Å². The van der Waals surface area contributed by atoms with Crippen molar-refractivity contribution in [3.63, 3.8) is 0 Å². The van der Waals surface area contributed by atoms with Crippen LogP contribution in [0.5, 0.6) is 0 Å². The summed E-state index contributed by atoms with van der Waals surface area (Å²) in [7, 11) is 0. The molecular weight excluding hydrogens is 216 g/mol. The van der Waals surface area contributed by atoms with Crippen molar-refractivity contribution in [2.75, 3.05) is 13.1 Å². The Balaban J connectivity index is 0. The van der Waals surface area contributed by atoms with Gasteiger partial charge < -0.3 is 15.8 Å². The summed E-state index contributed by atoms with van der Waals surface area (Å²) >= 11 is 0. The van der Waals surface area contributed by atoms with Gasteiger partial charge in [0.2, 0.25) is 0 Å². The van der Waals surface area contributed by atoms with Crippen molar-refractivity contribution in [3.05, 3.63) is 25.3 Å². The first-order chi connectivity index (χ1) is 7.87. The first-order valence-corrected chi connectivity index (χ1v) is 5.76. The molecule has 17 heavy (non-hydrogen) atoms. The highest BCUT2D eigenvalue weighted by Crippen LogP contribution is 2.06. The minimum absolute atomic E-state index is 0.371. The molecule has 0 aliphatic rings. The van der Waals surface area contributed by atoms with Gasteiger partial charge in [0.1, 0.15) is 5.60 Å². The number of alkyl carbamates (subject to hydrolysis) is 1. The number of amides is 1. The van der Waals surface area contributed by atoms with Crippen LogP contribution in [0.2, 0.25) is 0 Å². The molecule has 0 aliphatic heterocycles. The molecular formula is C13H26N2O2. The Kier molecular flexibility index (Phi) is 11.9. The van der Waals surface area contributed by atoms with Gasteiger partial charge in [-0.1, -0.05) is 12.2 Å². The van der Waals surface area contributed by atoms with E-state index in [1.54, 1.807) is 12.2 Å². The topological polar surface area (TPSA) is 64.3 Å². The Morgan fingerprint density at radius 3 is 2.12 bits per heavy atom. The molecule has 1 amide bonds. The zero-order valence-electron chi connectivity index (χ0n) is 11.3. The molecule has 4 nitrogen and oxygen atoms in total. The third-order valence-corrected chi connectivity index (χ3v) is 1.39. The highest BCUT2D eigenvalue weighted by molar-refractivity contribution is 5.67. The largest absolute Gasteiger partial charge is 0.444 e. The lowest BCUT2D eigenvalue weighted by molar-refractivity contribution is 0.0529. The fraction of sp³-hybridized carbons (Fsp3) is 0.615. The van der Waals surface area contributed by atoms with Crippen LogP contribution >= 0.6 is 0 Å². The van der Waals surface area contributed by atoms with Gasteiger partial charge in [0.25, 0.3) is 0 Å². The lowest BCUT2D eigenvalue weighted by Crippen LogP contribution is -2.32. The van der Waals surface area contributed by atoms with Gasteiger partial charge in [0, 0.05) is 6.54 Å². The molecule has 0 saturated heterocycles. The van der Waals surface area contributed by atoms with Crippen LogP contribution in [0, 0.1) is 0 Å². The van der Waals surface area contributed by atoms with Crippen LogP contribution in [0.25, 0.3) is 0 Å². The fourth-order valence-corrected chi connectivity index (χ4v) is 0.708. The normalized spacial score (nSPS) is 9.65. The van der Waals surface area contributed by atoms with Crippen molar-refractivity contribution in [2.24, 2.45) is 5.73 Å². The summed E-state index contributed by atoms with van der Waals surface area (Å²) in [6.07, 6.45) is 4.88. The number of carbonyl (C=O) groups excluding carboxylic acids is 1. The van der Waals surface area contributed by atoms with Crippen molar-refractivity contribution in [2.45, 2.75) is 39.2 Å². The molecule has 0 fully saturated rings. The van der Waals surface area contributed by atoms with Crippen LogP contribution in [-0.2, 0) is 4.74 Å². The van der Waals surface area contributed by atoms with E-state index in [0.29, 0.717) is 6.54 Å². The Morgan fingerprint density at radius 1 is 1.29 bits per heavy atom. The highest BCUT2D eigenvalue weighted by Gasteiger charge is 2.14. The summed E-state index contributed by atoms with van der Waals surface area (Å²) in [6, 6.07) is 0. The Labute approximate surface area is 105 Å². The summed E-state index contributed by atoms with van der Waals surface area (Å²) in [5, 5.41) is 2.61. The second kappa shape index (κ2) is 11.2. The maximum Gasteiger partial charge on any atom is 0.407 e. The summed E-state index contributed by atoms with van der Waals surface area (Å²) < 4.78 is 5.00. The van der Waals surface area contributed by atoms with E-state index in [-0.39, 0.29) is 6.09 Å².